The van der Waals surface area contributed by atoms with Gasteiger partial charge in [-0.1, -0.05) is 41.4 Å². The average molecular weight is 394 g/mol. The highest BCUT2D eigenvalue weighted by atomic mass is 35.5. The zero-order chi connectivity index (χ0) is 18.8. The second-order valence-electron chi connectivity index (χ2n) is 5.99. The molecule has 2 aromatic rings. The molecule has 1 heterocycles. The number of nitrogens with zero attached hydrogens (tertiary/aromatic N) is 1. The van der Waals surface area contributed by atoms with Crippen LogP contribution < -0.4 is 9.64 Å². The quantitative estimate of drug-likeness (QED) is 0.732. The van der Waals surface area contributed by atoms with Crippen LogP contribution in [-0.2, 0) is 16.0 Å². The van der Waals surface area contributed by atoms with Crippen molar-refractivity contribution >= 4 is 40.8 Å². The summed E-state index contributed by atoms with van der Waals surface area (Å²) in [6, 6.07) is 10.5. The van der Waals surface area contributed by atoms with Gasteiger partial charge in [0.15, 0.2) is 12.4 Å². The molecule has 0 saturated heterocycles. The Morgan fingerprint density at radius 2 is 1.85 bits per heavy atom. The van der Waals surface area contributed by atoms with Gasteiger partial charge in [0.1, 0.15) is 0 Å². The summed E-state index contributed by atoms with van der Waals surface area (Å²) in [7, 11) is 1.43. The van der Waals surface area contributed by atoms with Crippen LogP contribution in [0, 0.1) is 0 Å². The van der Waals surface area contributed by atoms with Crippen molar-refractivity contribution in [3.8, 4) is 5.75 Å². The summed E-state index contributed by atoms with van der Waals surface area (Å²) in [5.74, 6) is -0.671. The first-order valence-electron chi connectivity index (χ1n) is 8.02. The van der Waals surface area contributed by atoms with Gasteiger partial charge < -0.3 is 14.4 Å². The summed E-state index contributed by atoms with van der Waals surface area (Å²) < 4.78 is 10.2. The third-order valence-electron chi connectivity index (χ3n) is 4.24. The average Bonchev–Trinajstić information content (AvgIpc) is 2.94. The number of rotatable bonds is 4. The summed E-state index contributed by atoms with van der Waals surface area (Å²) in [5, 5.41) is 0.390. The molecule has 0 saturated carbocycles. The summed E-state index contributed by atoms with van der Waals surface area (Å²) >= 11 is 12.1. The van der Waals surface area contributed by atoms with Crippen molar-refractivity contribution in [2.45, 2.75) is 19.4 Å². The van der Waals surface area contributed by atoms with Crippen molar-refractivity contribution in [1.82, 2.24) is 0 Å². The first-order valence-corrected chi connectivity index (χ1v) is 8.78. The SMILES string of the molecule is COc1c(Cl)cc(C(=O)OCC(=O)N2c3ccccc3C[C@@H]2C)cc1Cl. The molecule has 0 aromatic heterocycles. The Balaban J connectivity index is 1.69. The molecule has 1 amide bonds. The third-order valence-corrected chi connectivity index (χ3v) is 4.80. The highest BCUT2D eigenvalue weighted by molar-refractivity contribution is 6.37. The lowest BCUT2D eigenvalue weighted by Gasteiger charge is -2.22. The van der Waals surface area contributed by atoms with Gasteiger partial charge in [0.25, 0.3) is 5.91 Å². The monoisotopic (exact) mass is 393 g/mol. The smallest absolute Gasteiger partial charge is 0.338 e. The number of carbonyl (C=O) groups is 2. The van der Waals surface area contributed by atoms with Crippen LogP contribution in [0.25, 0.3) is 0 Å². The maximum absolute atomic E-state index is 12.6. The molecule has 0 bridgehead atoms. The van der Waals surface area contributed by atoms with E-state index < -0.39 is 5.97 Å². The Morgan fingerprint density at radius 1 is 1.19 bits per heavy atom. The van der Waals surface area contributed by atoms with Crippen molar-refractivity contribution in [3.05, 3.63) is 57.6 Å². The largest absolute Gasteiger partial charge is 0.494 e. The Hall–Kier alpha value is -2.24. The number of amides is 1. The Labute approximate surface area is 161 Å². The highest BCUT2D eigenvalue weighted by Gasteiger charge is 2.31. The van der Waals surface area contributed by atoms with Crippen molar-refractivity contribution in [2.24, 2.45) is 0 Å². The summed E-state index contributed by atoms with van der Waals surface area (Å²) in [5.41, 5.74) is 2.12. The molecule has 0 fully saturated rings. The van der Waals surface area contributed by atoms with Gasteiger partial charge in [-0.15, -0.1) is 0 Å². The maximum Gasteiger partial charge on any atom is 0.338 e. The minimum atomic E-state index is -0.676. The number of halogens is 2. The van der Waals surface area contributed by atoms with E-state index in [1.807, 2.05) is 31.2 Å². The van der Waals surface area contributed by atoms with E-state index >= 15 is 0 Å². The van der Waals surface area contributed by atoms with E-state index in [0.717, 1.165) is 17.7 Å². The van der Waals surface area contributed by atoms with Crippen molar-refractivity contribution in [3.63, 3.8) is 0 Å². The standard InChI is InChI=1S/C19H17Cl2NO4/c1-11-7-12-5-3-4-6-16(12)22(11)17(23)10-26-19(24)13-8-14(20)18(25-2)15(21)9-13/h3-6,8-9,11H,7,10H2,1-2H3/t11-/m0/s1. The Kier molecular flexibility index (Phi) is 5.39. The predicted molar refractivity (Wildman–Crippen MR) is 100 cm³/mol. The van der Waals surface area contributed by atoms with E-state index in [9.17, 15) is 9.59 Å². The number of ether oxygens (including phenoxy) is 2. The third kappa shape index (κ3) is 3.50. The van der Waals surface area contributed by atoms with Gasteiger partial charge in [-0.2, -0.15) is 0 Å². The van der Waals surface area contributed by atoms with Crippen LogP contribution in [0.15, 0.2) is 36.4 Å². The molecule has 2 aromatic carbocycles. The minimum absolute atomic E-state index is 0.0171. The molecule has 0 unspecified atom stereocenters. The zero-order valence-corrected chi connectivity index (χ0v) is 15.8. The van der Waals surface area contributed by atoms with Gasteiger partial charge in [0, 0.05) is 11.7 Å². The Morgan fingerprint density at radius 3 is 2.50 bits per heavy atom. The highest BCUT2D eigenvalue weighted by Crippen LogP contribution is 2.34. The van der Waals surface area contributed by atoms with Crippen LogP contribution in [0.5, 0.6) is 5.75 Å². The van der Waals surface area contributed by atoms with Crippen LogP contribution in [-0.4, -0.2) is 31.6 Å². The van der Waals surface area contributed by atoms with E-state index in [0.29, 0.717) is 0 Å². The van der Waals surface area contributed by atoms with Crippen LogP contribution in [0.4, 0.5) is 5.69 Å². The second-order valence-corrected chi connectivity index (χ2v) is 6.81. The lowest BCUT2D eigenvalue weighted by molar-refractivity contribution is -0.122. The van der Waals surface area contributed by atoms with E-state index in [1.165, 1.54) is 19.2 Å². The molecular weight excluding hydrogens is 377 g/mol. The normalized spacial score (nSPS) is 15.5. The van der Waals surface area contributed by atoms with E-state index in [2.05, 4.69) is 0 Å². The van der Waals surface area contributed by atoms with Crippen molar-refractivity contribution in [1.29, 1.82) is 0 Å². The lowest BCUT2D eigenvalue weighted by Crippen LogP contribution is -2.38. The van der Waals surface area contributed by atoms with Gasteiger partial charge in [0.2, 0.25) is 0 Å². The van der Waals surface area contributed by atoms with Gasteiger partial charge in [0.05, 0.1) is 22.7 Å². The maximum atomic E-state index is 12.6. The number of para-hydroxylation sites is 1. The van der Waals surface area contributed by atoms with Crippen LogP contribution in [0.1, 0.15) is 22.8 Å². The van der Waals surface area contributed by atoms with Gasteiger partial charge >= 0.3 is 5.97 Å². The number of carbonyl (C=O) groups excluding carboxylic acids is 2. The first kappa shape index (κ1) is 18.5. The molecule has 7 heteroatoms. The van der Waals surface area contributed by atoms with E-state index in [-0.39, 0.29) is 39.9 Å². The number of hydrogen-bond donors (Lipinski definition) is 0. The number of hydrogen-bond acceptors (Lipinski definition) is 4. The number of methoxy groups -OCH3 is 1. The molecule has 1 atom stereocenters. The summed E-state index contributed by atoms with van der Waals surface area (Å²) in [6.07, 6.45) is 0.777. The first-order chi connectivity index (χ1) is 12.4. The van der Waals surface area contributed by atoms with Crippen LogP contribution >= 0.6 is 23.2 Å². The second kappa shape index (κ2) is 7.56. The molecule has 0 spiro atoms. The molecule has 5 nitrogen and oxygen atoms in total. The summed E-state index contributed by atoms with van der Waals surface area (Å²) in [6.45, 7) is 1.60. The number of benzene rings is 2. The molecule has 0 radical (unpaired) electrons. The van der Waals surface area contributed by atoms with Crippen LogP contribution in [0.2, 0.25) is 10.0 Å². The van der Waals surface area contributed by atoms with Gasteiger partial charge in [-0.3, -0.25) is 4.79 Å². The van der Waals surface area contributed by atoms with Crippen molar-refractivity contribution < 1.29 is 19.1 Å². The fourth-order valence-electron chi connectivity index (χ4n) is 3.10. The fraction of sp³-hybridized carbons (Fsp3) is 0.263. The molecule has 26 heavy (non-hydrogen) atoms. The number of anilines is 1. The fourth-order valence-corrected chi connectivity index (χ4v) is 3.74. The molecule has 136 valence electrons. The minimum Gasteiger partial charge on any atom is -0.494 e. The number of esters is 1. The molecule has 0 N–H and O–H groups in total. The Bertz CT molecular complexity index is 845. The van der Waals surface area contributed by atoms with E-state index in [1.54, 1.807) is 4.90 Å². The van der Waals surface area contributed by atoms with Crippen LogP contribution in [0.3, 0.4) is 0 Å². The molecule has 1 aliphatic heterocycles. The molecule has 0 aliphatic carbocycles. The van der Waals surface area contributed by atoms with Crippen molar-refractivity contribution in [2.75, 3.05) is 18.6 Å². The molecule has 1 aliphatic rings. The topological polar surface area (TPSA) is 55.8 Å². The van der Waals surface area contributed by atoms with E-state index in [4.69, 9.17) is 32.7 Å². The molecular formula is C19H17Cl2NO4. The predicted octanol–water partition coefficient (Wildman–Crippen LogP) is 4.14. The summed E-state index contributed by atoms with van der Waals surface area (Å²) in [4.78, 5) is 26.5. The zero-order valence-electron chi connectivity index (χ0n) is 14.3. The van der Waals surface area contributed by atoms with Gasteiger partial charge in [-0.05, 0) is 37.1 Å². The number of fused-ring (bicyclic) bond motifs is 1. The lowest BCUT2D eigenvalue weighted by atomic mass is 10.1. The molecule has 3 rings (SSSR count). The van der Waals surface area contributed by atoms with Gasteiger partial charge in [-0.25, -0.2) is 4.79 Å².